The average Bonchev–Trinajstić information content (AvgIpc) is 3.07. The molecule has 30 heavy (non-hydrogen) atoms. The lowest BCUT2D eigenvalue weighted by molar-refractivity contribution is -0.137. The minimum absolute atomic E-state index is 0.223. The Bertz CT molecular complexity index is 1190. The van der Waals surface area contributed by atoms with Crippen LogP contribution in [0.25, 0.3) is 10.9 Å². The van der Waals surface area contributed by atoms with Gasteiger partial charge < -0.3 is 15.2 Å². The number of aromatic amines is 1. The molecule has 0 aliphatic carbocycles. The SMILES string of the molecule is O=C(NC1CCN(c2ccc(C(F)(F)F)cc2)C1=O)c1nc2ccccc2c(=O)[nH]1. The van der Waals surface area contributed by atoms with Gasteiger partial charge in [0.2, 0.25) is 5.91 Å². The number of para-hydroxylation sites is 1. The third kappa shape index (κ3) is 3.63. The van der Waals surface area contributed by atoms with Gasteiger partial charge in [0.05, 0.1) is 16.5 Å². The number of H-pyrrole nitrogens is 1. The molecule has 7 nitrogen and oxygen atoms in total. The minimum atomic E-state index is -4.46. The Morgan fingerprint density at radius 1 is 1.10 bits per heavy atom. The molecule has 1 unspecified atom stereocenters. The number of amides is 2. The summed E-state index contributed by atoms with van der Waals surface area (Å²) in [5.41, 5.74) is -0.638. The van der Waals surface area contributed by atoms with Crippen molar-refractivity contribution < 1.29 is 22.8 Å². The summed E-state index contributed by atoms with van der Waals surface area (Å²) in [5, 5.41) is 2.86. The van der Waals surface area contributed by atoms with Gasteiger partial charge >= 0.3 is 6.18 Å². The number of rotatable bonds is 3. The van der Waals surface area contributed by atoms with Gasteiger partial charge in [-0.05, 0) is 42.8 Å². The molecule has 0 spiro atoms. The molecule has 2 heterocycles. The number of halogens is 3. The molecule has 4 rings (SSSR count). The van der Waals surface area contributed by atoms with E-state index >= 15 is 0 Å². The molecule has 2 N–H and O–H groups in total. The summed E-state index contributed by atoms with van der Waals surface area (Å²) in [7, 11) is 0. The lowest BCUT2D eigenvalue weighted by Gasteiger charge is -2.18. The van der Waals surface area contributed by atoms with Gasteiger partial charge in [-0.3, -0.25) is 14.4 Å². The lowest BCUT2D eigenvalue weighted by atomic mass is 10.2. The van der Waals surface area contributed by atoms with Crippen molar-refractivity contribution in [3.05, 3.63) is 70.3 Å². The Balaban J connectivity index is 1.49. The highest BCUT2D eigenvalue weighted by Gasteiger charge is 2.35. The first-order valence-electron chi connectivity index (χ1n) is 9.02. The van der Waals surface area contributed by atoms with Gasteiger partial charge in [-0.25, -0.2) is 4.98 Å². The van der Waals surface area contributed by atoms with Gasteiger partial charge in [0.25, 0.3) is 11.5 Å². The zero-order valence-electron chi connectivity index (χ0n) is 15.4. The minimum Gasteiger partial charge on any atom is -0.337 e. The van der Waals surface area contributed by atoms with Crippen molar-refractivity contribution in [1.82, 2.24) is 15.3 Å². The highest BCUT2D eigenvalue weighted by Crippen LogP contribution is 2.31. The molecule has 154 valence electrons. The molecule has 2 amide bonds. The Morgan fingerprint density at radius 2 is 1.80 bits per heavy atom. The molecule has 0 saturated carbocycles. The normalized spacial score (nSPS) is 16.8. The van der Waals surface area contributed by atoms with Gasteiger partial charge in [0.1, 0.15) is 6.04 Å². The maximum atomic E-state index is 12.7. The number of benzene rings is 2. The van der Waals surface area contributed by atoms with Crippen LogP contribution in [0.5, 0.6) is 0 Å². The average molecular weight is 416 g/mol. The molecule has 1 aliphatic heterocycles. The molecule has 2 aromatic carbocycles. The van der Waals surface area contributed by atoms with Crippen LogP contribution in [0.3, 0.4) is 0 Å². The van der Waals surface area contributed by atoms with Crippen LogP contribution in [0.4, 0.5) is 18.9 Å². The van der Waals surface area contributed by atoms with Crippen molar-refractivity contribution in [2.45, 2.75) is 18.6 Å². The van der Waals surface area contributed by atoms with Gasteiger partial charge in [-0.15, -0.1) is 0 Å². The van der Waals surface area contributed by atoms with Gasteiger partial charge in [-0.1, -0.05) is 12.1 Å². The monoisotopic (exact) mass is 416 g/mol. The highest BCUT2D eigenvalue weighted by atomic mass is 19.4. The van der Waals surface area contributed by atoms with Crippen LogP contribution in [0.15, 0.2) is 53.3 Å². The van der Waals surface area contributed by atoms with Crippen LogP contribution < -0.4 is 15.8 Å². The first-order valence-corrected chi connectivity index (χ1v) is 9.02. The molecule has 3 aromatic rings. The fraction of sp³-hybridized carbons (Fsp3) is 0.200. The van der Waals surface area contributed by atoms with Crippen LogP contribution in [0.2, 0.25) is 0 Å². The second kappa shape index (κ2) is 7.29. The first-order chi connectivity index (χ1) is 14.2. The molecular formula is C20H15F3N4O3. The largest absolute Gasteiger partial charge is 0.416 e. The number of anilines is 1. The topological polar surface area (TPSA) is 95.2 Å². The van der Waals surface area contributed by atoms with Crippen molar-refractivity contribution in [3.63, 3.8) is 0 Å². The zero-order valence-corrected chi connectivity index (χ0v) is 15.4. The molecule has 0 bridgehead atoms. The van der Waals surface area contributed by atoms with Gasteiger partial charge in [0.15, 0.2) is 5.82 Å². The van der Waals surface area contributed by atoms with Gasteiger partial charge in [-0.2, -0.15) is 13.2 Å². The van der Waals surface area contributed by atoms with E-state index in [0.717, 1.165) is 12.1 Å². The van der Waals surface area contributed by atoms with Crippen LogP contribution in [0.1, 0.15) is 22.6 Å². The van der Waals surface area contributed by atoms with E-state index in [2.05, 4.69) is 15.3 Å². The standard InChI is InChI=1S/C20H15F3N4O3/c21-20(22,23)11-5-7-12(8-6-11)27-10-9-15(19(27)30)25-18(29)16-24-14-4-2-1-3-13(14)17(28)26-16/h1-8,15H,9-10H2,(H,25,29)(H,24,26,28). The third-order valence-corrected chi connectivity index (χ3v) is 4.85. The van der Waals surface area contributed by atoms with Gasteiger partial charge in [0, 0.05) is 12.2 Å². The van der Waals surface area contributed by atoms with E-state index in [4.69, 9.17) is 0 Å². The number of carbonyl (C=O) groups excluding carboxylic acids is 2. The van der Waals surface area contributed by atoms with Crippen molar-refractivity contribution >= 4 is 28.4 Å². The van der Waals surface area contributed by atoms with Crippen LogP contribution >= 0.6 is 0 Å². The molecule has 1 atom stereocenters. The summed E-state index contributed by atoms with van der Waals surface area (Å²) in [5.74, 6) is -1.39. The lowest BCUT2D eigenvalue weighted by Crippen LogP contribution is -2.42. The number of alkyl halides is 3. The molecule has 1 aliphatic rings. The summed E-state index contributed by atoms with van der Waals surface area (Å²) in [6, 6.07) is 9.87. The first kappa shape index (κ1) is 19.6. The van der Waals surface area contributed by atoms with E-state index in [1.165, 1.54) is 17.0 Å². The Kier molecular flexibility index (Phi) is 4.76. The maximum absolute atomic E-state index is 12.7. The number of aromatic nitrogens is 2. The van der Waals surface area contributed by atoms with Crippen molar-refractivity contribution in [2.24, 2.45) is 0 Å². The molecule has 10 heteroatoms. The van der Waals surface area contributed by atoms with Crippen LogP contribution in [-0.4, -0.2) is 34.4 Å². The van der Waals surface area contributed by atoms with Crippen molar-refractivity contribution in [1.29, 1.82) is 0 Å². The number of nitrogens with zero attached hydrogens (tertiary/aromatic N) is 2. The van der Waals surface area contributed by atoms with E-state index < -0.39 is 35.2 Å². The fourth-order valence-corrected chi connectivity index (χ4v) is 3.32. The molecular weight excluding hydrogens is 401 g/mol. The summed E-state index contributed by atoms with van der Waals surface area (Å²) in [4.78, 5) is 45.1. The predicted octanol–water partition coefficient (Wildman–Crippen LogP) is 2.48. The summed E-state index contributed by atoms with van der Waals surface area (Å²) in [6.07, 6.45) is -4.20. The predicted molar refractivity (Wildman–Crippen MR) is 102 cm³/mol. The number of hydrogen-bond acceptors (Lipinski definition) is 4. The molecule has 1 fully saturated rings. The number of fused-ring (bicyclic) bond motifs is 1. The van der Waals surface area contributed by atoms with Crippen LogP contribution in [-0.2, 0) is 11.0 Å². The third-order valence-electron chi connectivity index (χ3n) is 4.85. The van der Waals surface area contributed by atoms with E-state index in [-0.39, 0.29) is 18.8 Å². The van der Waals surface area contributed by atoms with E-state index in [0.29, 0.717) is 16.6 Å². The number of nitrogens with one attached hydrogen (secondary N) is 2. The molecule has 1 saturated heterocycles. The molecule has 0 radical (unpaired) electrons. The van der Waals surface area contributed by atoms with Crippen molar-refractivity contribution in [3.8, 4) is 0 Å². The highest BCUT2D eigenvalue weighted by molar-refractivity contribution is 6.03. The smallest absolute Gasteiger partial charge is 0.337 e. The number of carbonyl (C=O) groups is 2. The van der Waals surface area contributed by atoms with E-state index in [1.807, 2.05) is 0 Å². The quantitative estimate of drug-likeness (QED) is 0.686. The Labute approximate surface area is 167 Å². The summed E-state index contributed by atoms with van der Waals surface area (Å²) < 4.78 is 38.1. The van der Waals surface area contributed by atoms with E-state index in [1.54, 1.807) is 24.3 Å². The Hall–Kier alpha value is -3.69. The number of hydrogen-bond donors (Lipinski definition) is 2. The second-order valence-electron chi connectivity index (χ2n) is 6.78. The van der Waals surface area contributed by atoms with E-state index in [9.17, 15) is 27.6 Å². The zero-order chi connectivity index (χ0) is 21.5. The Morgan fingerprint density at radius 3 is 2.50 bits per heavy atom. The molecule has 1 aromatic heterocycles. The maximum Gasteiger partial charge on any atom is 0.416 e. The van der Waals surface area contributed by atoms with Crippen molar-refractivity contribution in [2.75, 3.05) is 11.4 Å². The fourth-order valence-electron chi connectivity index (χ4n) is 3.32. The van der Waals surface area contributed by atoms with Crippen LogP contribution in [0, 0.1) is 0 Å². The summed E-state index contributed by atoms with van der Waals surface area (Å²) >= 11 is 0. The second-order valence-corrected chi connectivity index (χ2v) is 6.78. The summed E-state index contributed by atoms with van der Waals surface area (Å²) in [6.45, 7) is 0.233.